The SMILES string of the molecule is O=C(Nc1ccc(S(=O)(=O)N2CCN(c3cc(C(F)(F)F)cc(Cl)n3)CC2)cc1)c1cccc(CNCCCN2CCNCC2)c1. The third kappa shape index (κ3) is 8.96. The average molecular weight is 680 g/mol. The molecule has 0 atom stereocenters. The zero-order valence-corrected chi connectivity index (χ0v) is 26.8. The van der Waals surface area contributed by atoms with E-state index in [0.29, 0.717) is 17.8 Å². The Morgan fingerprint density at radius 1 is 0.957 bits per heavy atom. The minimum atomic E-state index is -4.58. The number of nitrogens with one attached hydrogen (secondary N) is 3. The van der Waals surface area contributed by atoms with Crippen molar-refractivity contribution in [3.05, 3.63) is 82.5 Å². The number of amides is 1. The molecule has 1 amide bonds. The fourth-order valence-electron chi connectivity index (χ4n) is 5.45. The van der Waals surface area contributed by atoms with Gasteiger partial charge in [-0.15, -0.1) is 0 Å². The van der Waals surface area contributed by atoms with Crippen molar-refractivity contribution in [3.63, 3.8) is 0 Å². The summed E-state index contributed by atoms with van der Waals surface area (Å²) < 4.78 is 67.5. The molecular weight excluding hydrogens is 643 g/mol. The smallest absolute Gasteiger partial charge is 0.354 e. The summed E-state index contributed by atoms with van der Waals surface area (Å²) in [4.78, 5) is 21.0. The molecule has 2 fully saturated rings. The maximum Gasteiger partial charge on any atom is 0.416 e. The molecule has 1 aromatic heterocycles. The summed E-state index contributed by atoms with van der Waals surface area (Å²) in [5.41, 5.74) is 1.01. The van der Waals surface area contributed by atoms with E-state index in [2.05, 4.69) is 25.8 Å². The fourth-order valence-corrected chi connectivity index (χ4v) is 7.07. The summed E-state index contributed by atoms with van der Waals surface area (Å²) in [5.74, 6) is -0.268. The Hall–Kier alpha value is -3.27. The Kier molecular flexibility index (Phi) is 11.2. The number of hydrogen-bond donors (Lipinski definition) is 3. The first-order valence-electron chi connectivity index (χ1n) is 15.1. The number of pyridine rings is 1. The lowest BCUT2D eigenvalue weighted by atomic mass is 10.1. The molecule has 3 aromatic rings. The number of piperazine rings is 2. The van der Waals surface area contributed by atoms with Gasteiger partial charge in [0.2, 0.25) is 10.0 Å². The molecule has 5 rings (SSSR count). The van der Waals surface area contributed by atoms with E-state index in [0.717, 1.165) is 63.4 Å². The quantitative estimate of drug-likeness (QED) is 0.207. The fraction of sp³-hybridized carbons (Fsp3) is 0.419. The highest BCUT2D eigenvalue weighted by Crippen LogP contribution is 2.33. The molecular formula is C31H37ClF3N7O3S. The largest absolute Gasteiger partial charge is 0.416 e. The summed E-state index contributed by atoms with van der Waals surface area (Å²) in [5, 5.41) is 9.32. The molecule has 46 heavy (non-hydrogen) atoms. The van der Waals surface area contributed by atoms with E-state index in [1.54, 1.807) is 11.0 Å². The predicted octanol–water partition coefficient (Wildman–Crippen LogP) is 3.90. The lowest BCUT2D eigenvalue weighted by Crippen LogP contribution is -2.49. The maximum atomic E-state index is 13.3. The van der Waals surface area contributed by atoms with Crippen LogP contribution >= 0.6 is 11.6 Å². The molecule has 0 aliphatic carbocycles. The second-order valence-corrected chi connectivity index (χ2v) is 13.6. The number of aromatic nitrogens is 1. The maximum absolute atomic E-state index is 13.3. The van der Waals surface area contributed by atoms with Crippen LogP contribution in [0.5, 0.6) is 0 Å². The summed E-state index contributed by atoms with van der Waals surface area (Å²) in [6.07, 6.45) is -3.53. The second-order valence-electron chi connectivity index (χ2n) is 11.2. The van der Waals surface area contributed by atoms with Crippen molar-refractivity contribution in [2.45, 2.75) is 24.0 Å². The van der Waals surface area contributed by atoms with Crippen LogP contribution in [0.2, 0.25) is 5.15 Å². The molecule has 3 N–H and O–H groups in total. The van der Waals surface area contributed by atoms with Gasteiger partial charge in [-0.2, -0.15) is 17.5 Å². The number of anilines is 2. The van der Waals surface area contributed by atoms with Crippen molar-refractivity contribution in [2.75, 3.05) is 75.7 Å². The highest BCUT2D eigenvalue weighted by Gasteiger charge is 2.33. The molecule has 248 valence electrons. The van der Waals surface area contributed by atoms with Crippen LogP contribution in [0.25, 0.3) is 0 Å². The Morgan fingerprint density at radius 3 is 2.37 bits per heavy atom. The second kappa shape index (κ2) is 15.1. The van der Waals surface area contributed by atoms with Crippen molar-refractivity contribution in [1.82, 2.24) is 24.8 Å². The number of nitrogens with zero attached hydrogens (tertiary/aromatic N) is 4. The Bertz CT molecular complexity index is 1600. The molecule has 3 heterocycles. The van der Waals surface area contributed by atoms with Crippen molar-refractivity contribution < 1.29 is 26.4 Å². The zero-order chi connectivity index (χ0) is 32.7. The molecule has 2 saturated heterocycles. The monoisotopic (exact) mass is 679 g/mol. The van der Waals surface area contributed by atoms with Gasteiger partial charge in [0, 0.05) is 70.2 Å². The van der Waals surface area contributed by atoms with Gasteiger partial charge in [-0.3, -0.25) is 4.79 Å². The van der Waals surface area contributed by atoms with Gasteiger partial charge in [-0.1, -0.05) is 23.7 Å². The minimum absolute atomic E-state index is 0.0418. The third-order valence-corrected chi connectivity index (χ3v) is 10.1. The number of sulfonamides is 1. The first-order valence-corrected chi connectivity index (χ1v) is 16.9. The highest BCUT2D eigenvalue weighted by atomic mass is 35.5. The lowest BCUT2D eigenvalue weighted by Gasteiger charge is -2.35. The molecule has 15 heteroatoms. The minimum Gasteiger partial charge on any atom is -0.354 e. The van der Waals surface area contributed by atoms with Crippen LogP contribution in [-0.4, -0.2) is 94.0 Å². The molecule has 2 aromatic carbocycles. The Balaban J connectivity index is 1.11. The van der Waals surface area contributed by atoms with Crippen LogP contribution in [-0.2, 0) is 22.7 Å². The van der Waals surface area contributed by atoms with E-state index in [1.807, 2.05) is 18.2 Å². The predicted molar refractivity (Wildman–Crippen MR) is 172 cm³/mol. The van der Waals surface area contributed by atoms with Gasteiger partial charge >= 0.3 is 6.18 Å². The first-order chi connectivity index (χ1) is 22.0. The molecule has 2 aliphatic rings. The Morgan fingerprint density at radius 2 is 1.67 bits per heavy atom. The van der Waals surface area contributed by atoms with Crippen LogP contribution in [0.3, 0.4) is 0 Å². The van der Waals surface area contributed by atoms with Crippen molar-refractivity contribution in [2.24, 2.45) is 0 Å². The van der Waals surface area contributed by atoms with Crippen molar-refractivity contribution in [1.29, 1.82) is 0 Å². The molecule has 0 unspecified atom stereocenters. The molecule has 2 aliphatic heterocycles. The van der Waals surface area contributed by atoms with Gasteiger partial charge in [0.05, 0.1) is 10.5 Å². The average Bonchev–Trinajstić information content (AvgIpc) is 3.05. The third-order valence-electron chi connectivity index (χ3n) is 7.98. The molecule has 0 radical (unpaired) electrons. The lowest BCUT2D eigenvalue weighted by molar-refractivity contribution is -0.137. The van der Waals surface area contributed by atoms with E-state index in [1.165, 1.54) is 28.6 Å². The number of hydrogen-bond acceptors (Lipinski definition) is 8. The topological polar surface area (TPSA) is 110 Å². The first kappa shape index (κ1) is 34.1. The summed E-state index contributed by atoms with van der Waals surface area (Å²) in [6, 6.07) is 14.9. The summed E-state index contributed by atoms with van der Waals surface area (Å²) in [6.45, 7) is 7.21. The van der Waals surface area contributed by atoms with E-state index in [4.69, 9.17) is 11.6 Å². The van der Waals surface area contributed by atoms with E-state index < -0.39 is 21.8 Å². The van der Waals surface area contributed by atoms with Crippen LogP contribution in [0, 0.1) is 0 Å². The van der Waals surface area contributed by atoms with Gasteiger partial charge in [0.1, 0.15) is 11.0 Å². The van der Waals surface area contributed by atoms with Crippen molar-refractivity contribution in [3.8, 4) is 0 Å². The molecule has 10 nitrogen and oxygen atoms in total. The number of carbonyl (C=O) groups is 1. The summed E-state index contributed by atoms with van der Waals surface area (Å²) >= 11 is 5.82. The molecule has 0 saturated carbocycles. The number of carbonyl (C=O) groups excluding carboxylic acids is 1. The standard InChI is InChI=1S/C31H37ClF3N7O3S/c32-28-20-25(31(33,34)35)21-29(39-28)41-15-17-42(18-16-41)46(44,45)27-7-5-26(6-8-27)38-30(43)24-4-1-3-23(19-24)22-37-9-2-12-40-13-10-36-11-14-40/h1,3-8,19-21,36-37H,2,9-18,22H2,(H,38,43). The number of alkyl halides is 3. The Labute approximate surface area is 272 Å². The van der Waals surface area contributed by atoms with Crippen LogP contribution in [0.15, 0.2) is 65.6 Å². The van der Waals surface area contributed by atoms with E-state index in [9.17, 15) is 26.4 Å². The van der Waals surface area contributed by atoms with Gasteiger partial charge < -0.3 is 25.8 Å². The van der Waals surface area contributed by atoms with E-state index in [-0.39, 0.29) is 48.0 Å². The van der Waals surface area contributed by atoms with Crippen LogP contribution in [0.1, 0.15) is 27.9 Å². The highest BCUT2D eigenvalue weighted by molar-refractivity contribution is 7.89. The van der Waals surface area contributed by atoms with E-state index >= 15 is 0 Å². The van der Waals surface area contributed by atoms with Crippen molar-refractivity contribution >= 4 is 39.0 Å². The normalized spacial score (nSPS) is 16.8. The van der Waals surface area contributed by atoms with Gasteiger partial charge in [0.25, 0.3) is 5.91 Å². The molecule has 0 spiro atoms. The van der Waals surface area contributed by atoms with Gasteiger partial charge in [-0.25, -0.2) is 13.4 Å². The number of halogens is 4. The number of benzene rings is 2. The van der Waals surface area contributed by atoms with Gasteiger partial charge in [-0.05, 0) is 73.6 Å². The zero-order valence-electron chi connectivity index (χ0n) is 25.2. The van der Waals surface area contributed by atoms with Crippen LogP contribution < -0.4 is 20.9 Å². The van der Waals surface area contributed by atoms with Gasteiger partial charge in [0.15, 0.2) is 0 Å². The number of rotatable bonds is 11. The molecule has 0 bridgehead atoms. The summed E-state index contributed by atoms with van der Waals surface area (Å²) in [7, 11) is -3.87. The van der Waals surface area contributed by atoms with Crippen LogP contribution in [0.4, 0.5) is 24.7 Å².